The van der Waals surface area contributed by atoms with Gasteiger partial charge in [0.25, 0.3) is 5.91 Å². The molecule has 1 amide bonds. The maximum atomic E-state index is 13.2. The van der Waals surface area contributed by atoms with Crippen LogP contribution in [0.15, 0.2) is 59.7 Å². The summed E-state index contributed by atoms with van der Waals surface area (Å²) < 4.78 is 16.2. The van der Waals surface area contributed by atoms with E-state index in [-0.39, 0.29) is 23.9 Å². The minimum absolute atomic E-state index is 0.135. The smallest absolute Gasteiger partial charge is 0.334 e. The van der Waals surface area contributed by atoms with E-state index in [9.17, 15) is 9.59 Å². The molecule has 38 heavy (non-hydrogen) atoms. The second-order valence-corrected chi connectivity index (χ2v) is 9.28. The van der Waals surface area contributed by atoms with Crippen molar-refractivity contribution in [2.75, 3.05) is 31.9 Å². The number of amides is 1. The van der Waals surface area contributed by atoms with E-state index in [1.54, 1.807) is 33.4 Å². The second-order valence-electron chi connectivity index (χ2n) is 9.28. The molecule has 1 aliphatic carbocycles. The maximum Gasteiger partial charge on any atom is 0.334 e. The van der Waals surface area contributed by atoms with E-state index in [2.05, 4.69) is 15.6 Å². The van der Waals surface area contributed by atoms with Crippen LogP contribution in [0.2, 0.25) is 0 Å². The molecule has 1 aliphatic rings. The predicted molar refractivity (Wildman–Crippen MR) is 147 cm³/mol. The molecule has 2 N–H and O–H groups in total. The van der Waals surface area contributed by atoms with Gasteiger partial charge in [-0.05, 0) is 44.4 Å². The van der Waals surface area contributed by atoms with Crippen LogP contribution in [0.4, 0.5) is 11.6 Å². The Labute approximate surface area is 221 Å². The van der Waals surface area contributed by atoms with Gasteiger partial charge in [-0.3, -0.25) is 4.79 Å². The summed E-state index contributed by atoms with van der Waals surface area (Å²) in [6, 6.07) is 11.1. The van der Waals surface area contributed by atoms with E-state index in [0.29, 0.717) is 51.9 Å². The minimum atomic E-state index is -0.345. The van der Waals surface area contributed by atoms with E-state index in [4.69, 9.17) is 19.2 Å². The van der Waals surface area contributed by atoms with Gasteiger partial charge >= 0.3 is 5.97 Å². The van der Waals surface area contributed by atoms with Crippen molar-refractivity contribution in [3.8, 4) is 22.8 Å². The molecule has 1 unspecified atom stereocenters. The van der Waals surface area contributed by atoms with Crippen LogP contribution in [0, 0.1) is 5.92 Å². The van der Waals surface area contributed by atoms with Crippen molar-refractivity contribution in [2.24, 2.45) is 5.92 Å². The summed E-state index contributed by atoms with van der Waals surface area (Å²) in [6.07, 6.45) is 3.61. The Bertz CT molecular complexity index is 1440. The molecule has 0 saturated heterocycles. The topological polar surface area (TPSA) is 112 Å². The third-order valence-electron chi connectivity index (χ3n) is 6.21. The van der Waals surface area contributed by atoms with Crippen LogP contribution in [0.1, 0.15) is 27.2 Å². The zero-order valence-corrected chi connectivity index (χ0v) is 22.4. The van der Waals surface area contributed by atoms with Gasteiger partial charge in [-0.25, -0.2) is 14.8 Å². The van der Waals surface area contributed by atoms with Crippen molar-refractivity contribution in [3.63, 3.8) is 0 Å². The lowest BCUT2D eigenvalue weighted by Crippen LogP contribution is -2.23. The first kappa shape index (κ1) is 26.7. The Balaban J connectivity index is 1.65. The molecule has 1 heterocycles. The Kier molecular flexibility index (Phi) is 7.95. The number of anilines is 2. The Morgan fingerprint density at radius 1 is 1.03 bits per heavy atom. The third kappa shape index (κ3) is 5.61. The molecule has 198 valence electrons. The van der Waals surface area contributed by atoms with Crippen molar-refractivity contribution in [3.05, 3.63) is 59.7 Å². The molecule has 9 nitrogen and oxygen atoms in total. The number of aromatic nitrogens is 2. The first-order chi connectivity index (χ1) is 18.2. The van der Waals surface area contributed by atoms with Gasteiger partial charge in [0.2, 0.25) is 5.95 Å². The van der Waals surface area contributed by atoms with Crippen LogP contribution in [0.3, 0.4) is 0 Å². The van der Waals surface area contributed by atoms with Gasteiger partial charge in [0, 0.05) is 40.9 Å². The van der Waals surface area contributed by atoms with Gasteiger partial charge in [-0.1, -0.05) is 31.2 Å². The fourth-order valence-corrected chi connectivity index (χ4v) is 4.34. The highest BCUT2D eigenvalue weighted by atomic mass is 16.5. The molecule has 0 fully saturated rings. The average molecular weight is 517 g/mol. The standard InChI is InChI=1S/C29H32N4O5/c1-16(2)38-28(35)19-10-11-21(17(3)12-19)27(34)31-20-9-7-8-18(13-20)26-22-14-24(36-5)25(37-6)15-23(22)32-29(30-4)33-26/h7-11,13-17H,12H2,1-6H3,(H,31,34)(H,30,32,33). The summed E-state index contributed by atoms with van der Waals surface area (Å²) in [6.45, 7) is 5.54. The average Bonchev–Trinajstić information content (AvgIpc) is 2.91. The normalized spacial score (nSPS) is 15.0. The molecular formula is C29H32N4O5. The predicted octanol–water partition coefficient (Wildman–Crippen LogP) is 5.14. The Morgan fingerprint density at radius 2 is 1.76 bits per heavy atom. The first-order valence-electron chi connectivity index (χ1n) is 12.4. The molecule has 1 aromatic heterocycles. The van der Waals surface area contributed by atoms with E-state index in [0.717, 1.165) is 10.9 Å². The van der Waals surface area contributed by atoms with Crippen LogP contribution in [-0.4, -0.2) is 49.2 Å². The van der Waals surface area contributed by atoms with Crippen molar-refractivity contribution < 1.29 is 23.8 Å². The van der Waals surface area contributed by atoms with Crippen molar-refractivity contribution in [1.29, 1.82) is 0 Å². The van der Waals surface area contributed by atoms with E-state index < -0.39 is 0 Å². The summed E-state index contributed by atoms with van der Waals surface area (Å²) >= 11 is 0. The number of nitrogens with zero attached hydrogens (tertiary/aromatic N) is 2. The van der Waals surface area contributed by atoms with Gasteiger partial charge in [0.15, 0.2) is 11.5 Å². The molecule has 0 bridgehead atoms. The summed E-state index contributed by atoms with van der Waals surface area (Å²) in [5.74, 6) is 0.879. The second kappa shape index (κ2) is 11.3. The molecule has 0 radical (unpaired) electrons. The van der Waals surface area contributed by atoms with Crippen molar-refractivity contribution in [1.82, 2.24) is 9.97 Å². The fourth-order valence-electron chi connectivity index (χ4n) is 4.34. The number of carbonyl (C=O) groups is 2. The number of benzene rings is 2. The first-order valence-corrected chi connectivity index (χ1v) is 12.4. The lowest BCUT2D eigenvalue weighted by molar-refractivity contribution is -0.143. The number of fused-ring (bicyclic) bond motifs is 1. The molecule has 1 atom stereocenters. The zero-order chi connectivity index (χ0) is 27.4. The third-order valence-corrected chi connectivity index (χ3v) is 6.21. The number of methoxy groups -OCH3 is 2. The van der Waals surface area contributed by atoms with Gasteiger partial charge in [0.1, 0.15) is 0 Å². The SMILES string of the molecule is CNc1nc(-c2cccc(NC(=O)C3=CC=C(C(=O)OC(C)C)CC3C)c2)c2cc(OC)c(OC)cc2n1. The molecule has 0 spiro atoms. The molecule has 0 aliphatic heterocycles. The monoisotopic (exact) mass is 516 g/mol. The Hall–Kier alpha value is -4.40. The molecule has 0 saturated carbocycles. The van der Waals surface area contributed by atoms with Gasteiger partial charge < -0.3 is 24.8 Å². The molecule has 3 aromatic rings. The summed E-state index contributed by atoms with van der Waals surface area (Å²) in [5, 5.41) is 6.77. The van der Waals surface area contributed by atoms with E-state index in [1.807, 2.05) is 57.2 Å². The number of nitrogens with one attached hydrogen (secondary N) is 2. The van der Waals surface area contributed by atoms with Crippen LogP contribution in [0.25, 0.3) is 22.2 Å². The molecule has 2 aromatic carbocycles. The van der Waals surface area contributed by atoms with Crippen LogP contribution < -0.4 is 20.1 Å². The lowest BCUT2D eigenvalue weighted by Gasteiger charge is -2.21. The van der Waals surface area contributed by atoms with Gasteiger partial charge in [0.05, 0.1) is 31.5 Å². The van der Waals surface area contributed by atoms with Crippen molar-refractivity contribution in [2.45, 2.75) is 33.3 Å². The van der Waals surface area contributed by atoms with Gasteiger partial charge in [-0.2, -0.15) is 0 Å². The number of allylic oxidation sites excluding steroid dienone is 2. The van der Waals surface area contributed by atoms with E-state index >= 15 is 0 Å². The van der Waals surface area contributed by atoms with Crippen LogP contribution >= 0.6 is 0 Å². The fraction of sp³-hybridized carbons (Fsp3) is 0.310. The number of hydrogen-bond donors (Lipinski definition) is 2. The molecular weight excluding hydrogens is 484 g/mol. The largest absolute Gasteiger partial charge is 0.493 e. The highest BCUT2D eigenvalue weighted by molar-refractivity contribution is 6.05. The number of rotatable bonds is 8. The summed E-state index contributed by atoms with van der Waals surface area (Å²) in [7, 11) is 4.91. The van der Waals surface area contributed by atoms with Crippen LogP contribution in [0.5, 0.6) is 11.5 Å². The molecule has 4 rings (SSSR count). The number of hydrogen-bond acceptors (Lipinski definition) is 8. The highest BCUT2D eigenvalue weighted by Gasteiger charge is 2.25. The highest BCUT2D eigenvalue weighted by Crippen LogP contribution is 2.37. The number of ether oxygens (including phenoxy) is 3. The Morgan fingerprint density at radius 3 is 2.42 bits per heavy atom. The maximum absolute atomic E-state index is 13.2. The van der Waals surface area contributed by atoms with Gasteiger partial charge in [-0.15, -0.1) is 0 Å². The quantitative estimate of drug-likeness (QED) is 0.396. The van der Waals surface area contributed by atoms with E-state index in [1.165, 1.54) is 0 Å². The minimum Gasteiger partial charge on any atom is -0.493 e. The summed E-state index contributed by atoms with van der Waals surface area (Å²) in [4.78, 5) is 34.7. The zero-order valence-electron chi connectivity index (χ0n) is 22.4. The van der Waals surface area contributed by atoms with Crippen molar-refractivity contribution >= 4 is 34.4 Å². The number of carbonyl (C=O) groups excluding carboxylic acids is 2. The van der Waals surface area contributed by atoms with Crippen LogP contribution in [-0.2, 0) is 14.3 Å². The number of esters is 1. The molecule has 9 heteroatoms. The summed E-state index contributed by atoms with van der Waals surface area (Å²) in [5.41, 5.74) is 3.94. The lowest BCUT2D eigenvalue weighted by atomic mass is 9.88.